The van der Waals surface area contributed by atoms with Gasteiger partial charge in [-0.1, -0.05) is 12.1 Å². The summed E-state index contributed by atoms with van der Waals surface area (Å²) >= 11 is 5.67. The second kappa shape index (κ2) is 8.76. The zero-order valence-electron chi connectivity index (χ0n) is 14.7. The van der Waals surface area contributed by atoms with E-state index in [1.54, 1.807) is 13.3 Å². The third-order valence-corrected chi connectivity index (χ3v) is 4.19. The number of hydrogen-bond donors (Lipinski definition) is 1. The van der Waals surface area contributed by atoms with Crippen molar-refractivity contribution in [1.82, 2.24) is 9.88 Å². The maximum atomic E-state index is 5.67. The summed E-state index contributed by atoms with van der Waals surface area (Å²) in [7, 11) is 1.70. The number of ether oxygens (including phenoxy) is 1. The molecular formula is C19H25N3OS. The van der Waals surface area contributed by atoms with E-state index in [4.69, 9.17) is 17.0 Å². The first-order chi connectivity index (χ1) is 11.5. The van der Waals surface area contributed by atoms with Crippen molar-refractivity contribution in [3.63, 3.8) is 0 Å². The zero-order valence-corrected chi connectivity index (χ0v) is 15.6. The van der Waals surface area contributed by atoms with E-state index >= 15 is 0 Å². The lowest BCUT2D eigenvalue weighted by Crippen LogP contribution is -2.39. The Labute approximate surface area is 149 Å². The highest BCUT2D eigenvalue weighted by molar-refractivity contribution is 7.80. The third kappa shape index (κ3) is 5.01. The monoisotopic (exact) mass is 343 g/mol. The van der Waals surface area contributed by atoms with Crippen LogP contribution in [0.4, 0.5) is 5.69 Å². The average Bonchev–Trinajstić information content (AvgIpc) is 2.54. The molecule has 2 aromatic rings. The van der Waals surface area contributed by atoms with Crippen LogP contribution in [0.1, 0.15) is 29.8 Å². The summed E-state index contributed by atoms with van der Waals surface area (Å²) < 4.78 is 5.25. The van der Waals surface area contributed by atoms with Gasteiger partial charge in [0.1, 0.15) is 0 Å². The van der Waals surface area contributed by atoms with Crippen LogP contribution in [0.2, 0.25) is 0 Å². The van der Waals surface area contributed by atoms with Gasteiger partial charge in [0.2, 0.25) is 0 Å². The highest BCUT2D eigenvalue weighted by atomic mass is 32.1. The molecule has 1 heterocycles. The minimum Gasteiger partial charge on any atom is -0.383 e. The van der Waals surface area contributed by atoms with Gasteiger partial charge in [0, 0.05) is 25.5 Å². The largest absolute Gasteiger partial charge is 0.383 e. The van der Waals surface area contributed by atoms with Crippen molar-refractivity contribution in [2.75, 3.05) is 25.6 Å². The van der Waals surface area contributed by atoms with E-state index in [0.717, 1.165) is 11.4 Å². The van der Waals surface area contributed by atoms with Gasteiger partial charge >= 0.3 is 0 Å². The molecule has 2 rings (SSSR count). The number of thiocarbonyl (C=S) groups is 1. The van der Waals surface area contributed by atoms with E-state index in [9.17, 15) is 0 Å². The smallest absolute Gasteiger partial charge is 0.174 e. The van der Waals surface area contributed by atoms with Crippen LogP contribution >= 0.6 is 12.2 Å². The molecule has 0 aliphatic rings. The molecule has 4 nitrogen and oxygen atoms in total. The van der Waals surface area contributed by atoms with E-state index in [0.29, 0.717) is 18.3 Å². The number of nitrogens with one attached hydrogen (secondary N) is 1. The molecule has 5 heteroatoms. The van der Waals surface area contributed by atoms with Crippen LogP contribution < -0.4 is 5.32 Å². The van der Waals surface area contributed by atoms with Gasteiger partial charge in [-0.05, 0) is 68.4 Å². The lowest BCUT2D eigenvalue weighted by molar-refractivity contribution is 0.164. The Hall–Kier alpha value is -1.98. The second-order valence-corrected chi connectivity index (χ2v) is 6.31. The number of pyridine rings is 1. The van der Waals surface area contributed by atoms with Crippen LogP contribution in [0.3, 0.4) is 0 Å². The summed E-state index contributed by atoms with van der Waals surface area (Å²) in [6, 6.07) is 12.3. The molecule has 0 fully saturated rings. The summed E-state index contributed by atoms with van der Waals surface area (Å²) in [6.07, 6.45) is 1.81. The number of rotatable bonds is 6. The van der Waals surface area contributed by atoms with Crippen LogP contribution in [0, 0.1) is 13.8 Å². The molecule has 24 heavy (non-hydrogen) atoms. The second-order valence-electron chi connectivity index (χ2n) is 5.92. The maximum absolute atomic E-state index is 5.67. The van der Waals surface area contributed by atoms with Crippen molar-refractivity contribution in [2.24, 2.45) is 0 Å². The topological polar surface area (TPSA) is 37.4 Å². The van der Waals surface area contributed by atoms with Gasteiger partial charge in [0.25, 0.3) is 0 Å². The average molecular weight is 343 g/mol. The Morgan fingerprint density at radius 2 is 1.96 bits per heavy atom. The Morgan fingerprint density at radius 3 is 2.54 bits per heavy atom. The zero-order chi connectivity index (χ0) is 17.5. The van der Waals surface area contributed by atoms with Crippen LogP contribution in [-0.4, -0.2) is 35.3 Å². The minimum atomic E-state index is 0.0623. The van der Waals surface area contributed by atoms with Crippen molar-refractivity contribution in [2.45, 2.75) is 26.8 Å². The molecule has 128 valence electrons. The molecule has 1 aromatic heterocycles. The quantitative estimate of drug-likeness (QED) is 0.799. The fourth-order valence-corrected chi connectivity index (χ4v) is 3.05. The van der Waals surface area contributed by atoms with Gasteiger partial charge < -0.3 is 15.0 Å². The number of hydrogen-bond acceptors (Lipinski definition) is 3. The first kappa shape index (κ1) is 18.4. The first-order valence-corrected chi connectivity index (χ1v) is 8.48. The Kier molecular flexibility index (Phi) is 6.70. The molecule has 0 radical (unpaired) electrons. The lowest BCUT2D eigenvalue weighted by Gasteiger charge is -2.31. The lowest BCUT2D eigenvalue weighted by atomic mass is 10.1. The molecule has 0 spiro atoms. The number of aryl methyl sites for hydroxylation is 2. The number of benzene rings is 1. The van der Waals surface area contributed by atoms with E-state index in [1.165, 1.54) is 11.1 Å². The van der Waals surface area contributed by atoms with Crippen molar-refractivity contribution in [1.29, 1.82) is 0 Å². The van der Waals surface area contributed by atoms with Crippen LogP contribution in [0.5, 0.6) is 0 Å². The van der Waals surface area contributed by atoms with Crippen molar-refractivity contribution >= 4 is 23.0 Å². The van der Waals surface area contributed by atoms with Gasteiger partial charge in [0.15, 0.2) is 5.11 Å². The Bertz CT molecular complexity index is 655. The highest BCUT2D eigenvalue weighted by Gasteiger charge is 2.19. The first-order valence-electron chi connectivity index (χ1n) is 8.07. The molecule has 1 N–H and O–H groups in total. The summed E-state index contributed by atoms with van der Waals surface area (Å²) in [4.78, 5) is 6.57. The molecule has 0 saturated carbocycles. The molecule has 0 amide bonds. The molecular weight excluding hydrogens is 318 g/mol. The van der Waals surface area contributed by atoms with E-state index < -0.39 is 0 Å². The number of anilines is 1. The Balaban J connectivity index is 2.18. The normalized spacial score (nSPS) is 11.8. The fraction of sp³-hybridized carbons (Fsp3) is 0.368. The standard InChI is InChI=1S/C19H25N3OS/c1-14-11-15(2)13-17(12-14)21-19(24)22(9-10-23-4)16(3)18-7-5-6-8-20-18/h5-8,11-13,16H,9-10H2,1-4H3,(H,21,24)/t16-/m1/s1. The number of methoxy groups -OCH3 is 1. The van der Waals surface area contributed by atoms with Crippen LogP contribution in [0.15, 0.2) is 42.6 Å². The molecule has 1 aromatic carbocycles. The van der Waals surface area contributed by atoms with Gasteiger partial charge in [-0.3, -0.25) is 4.98 Å². The number of aromatic nitrogens is 1. The minimum absolute atomic E-state index is 0.0623. The molecule has 0 bridgehead atoms. The molecule has 0 aliphatic carbocycles. The number of nitrogens with zero attached hydrogens (tertiary/aromatic N) is 2. The summed E-state index contributed by atoms with van der Waals surface area (Å²) in [5.74, 6) is 0. The maximum Gasteiger partial charge on any atom is 0.174 e. The van der Waals surface area contributed by atoms with E-state index in [-0.39, 0.29) is 6.04 Å². The summed E-state index contributed by atoms with van der Waals surface area (Å²) in [5.41, 5.74) is 4.41. The SMILES string of the molecule is COCCN(C(=S)Nc1cc(C)cc(C)c1)[C@H](C)c1ccccn1. The molecule has 0 saturated heterocycles. The van der Waals surface area contributed by atoms with Gasteiger partial charge in [-0.2, -0.15) is 0 Å². The summed E-state index contributed by atoms with van der Waals surface area (Å²) in [6.45, 7) is 7.57. The van der Waals surface area contributed by atoms with Crippen molar-refractivity contribution in [3.05, 3.63) is 59.4 Å². The molecule has 0 unspecified atom stereocenters. The predicted octanol–water partition coefficient (Wildman–Crippen LogP) is 4.10. The van der Waals surface area contributed by atoms with Crippen molar-refractivity contribution in [3.8, 4) is 0 Å². The highest BCUT2D eigenvalue weighted by Crippen LogP contribution is 2.20. The van der Waals surface area contributed by atoms with Crippen molar-refractivity contribution < 1.29 is 4.74 Å². The third-order valence-electron chi connectivity index (χ3n) is 3.85. The predicted molar refractivity (Wildman–Crippen MR) is 103 cm³/mol. The summed E-state index contributed by atoms with van der Waals surface area (Å²) in [5, 5.41) is 4.03. The van der Waals surface area contributed by atoms with E-state index in [1.807, 2.05) is 18.2 Å². The molecule has 1 atom stereocenters. The van der Waals surface area contributed by atoms with E-state index in [2.05, 4.69) is 54.2 Å². The van der Waals surface area contributed by atoms with Gasteiger partial charge in [-0.25, -0.2) is 0 Å². The van der Waals surface area contributed by atoms with Gasteiger partial charge in [0.05, 0.1) is 18.3 Å². The van der Waals surface area contributed by atoms with Gasteiger partial charge in [-0.15, -0.1) is 0 Å². The Morgan fingerprint density at radius 1 is 1.25 bits per heavy atom. The fourth-order valence-electron chi connectivity index (χ4n) is 2.69. The molecule has 0 aliphatic heterocycles. The van der Waals surface area contributed by atoms with Crippen LogP contribution in [-0.2, 0) is 4.74 Å². The van der Waals surface area contributed by atoms with Crippen LogP contribution in [0.25, 0.3) is 0 Å².